The van der Waals surface area contributed by atoms with E-state index in [1.807, 2.05) is 6.07 Å². The highest BCUT2D eigenvalue weighted by molar-refractivity contribution is 6.77. The van der Waals surface area contributed by atoms with Gasteiger partial charge in [0, 0.05) is 0 Å². The van der Waals surface area contributed by atoms with Crippen molar-refractivity contribution in [2.24, 2.45) is 0 Å². The Hall–Kier alpha value is -1.80. The van der Waals surface area contributed by atoms with Crippen LogP contribution in [-0.2, 0) is 0 Å². The molecule has 128 valence electrons. The topological polar surface area (TPSA) is 9.23 Å². The van der Waals surface area contributed by atoms with E-state index in [4.69, 9.17) is 4.74 Å². The van der Waals surface area contributed by atoms with E-state index in [9.17, 15) is 0 Å². The Bertz CT molecular complexity index is 614. The van der Waals surface area contributed by atoms with Gasteiger partial charge < -0.3 is 4.74 Å². The van der Waals surface area contributed by atoms with Gasteiger partial charge in [-0.2, -0.15) is 0 Å². The van der Waals surface area contributed by atoms with E-state index < -0.39 is 8.07 Å². The molecule has 0 aromatic heterocycles. The molecule has 0 aliphatic rings. The van der Waals surface area contributed by atoms with Crippen LogP contribution in [0.5, 0.6) is 5.75 Å². The van der Waals surface area contributed by atoms with Gasteiger partial charge in [0.25, 0.3) is 0 Å². The molecule has 0 aliphatic heterocycles. The van der Waals surface area contributed by atoms with Gasteiger partial charge in [0.05, 0.1) is 14.7 Å². The Morgan fingerprint density at radius 1 is 0.875 bits per heavy atom. The largest absolute Gasteiger partial charge is 0.494 e. The normalized spacial score (nSPS) is 11.8. The first kappa shape index (κ1) is 18.5. The van der Waals surface area contributed by atoms with Crippen LogP contribution in [0.25, 0.3) is 11.1 Å². The van der Waals surface area contributed by atoms with Gasteiger partial charge in [-0.25, -0.2) is 0 Å². The van der Waals surface area contributed by atoms with Crippen LogP contribution < -0.4 is 4.74 Å². The quantitative estimate of drug-likeness (QED) is 0.277. The second kappa shape index (κ2) is 9.48. The Labute approximate surface area is 148 Å². The molecule has 0 amide bonds. The van der Waals surface area contributed by atoms with Crippen molar-refractivity contribution in [1.82, 2.24) is 0 Å². The van der Waals surface area contributed by atoms with E-state index in [1.54, 1.807) is 0 Å². The first-order valence-corrected chi connectivity index (χ1v) is 12.5. The standard InChI is InChI=1S/C22H30OSi/c1-4-5-9-18-24(2,3)19-10-17-23-22-15-13-21(14-16-22)20-11-7-6-8-12-20/h5-9,11-16H,4,10,17-19H2,1-3H3. The lowest BCUT2D eigenvalue weighted by Gasteiger charge is -2.20. The summed E-state index contributed by atoms with van der Waals surface area (Å²) in [7, 11) is -1.10. The van der Waals surface area contributed by atoms with Crippen LogP contribution in [0, 0.1) is 0 Å². The van der Waals surface area contributed by atoms with Crippen LogP contribution in [0.15, 0.2) is 66.7 Å². The molecule has 2 heteroatoms. The summed E-state index contributed by atoms with van der Waals surface area (Å²) >= 11 is 0. The summed E-state index contributed by atoms with van der Waals surface area (Å²) in [5.74, 6) is 0.972. The Morgan fingerprint density at radius 3 is 2.21 bits per heavy atom. The van der Waals surface area contributed by atoms with Gasteiger partial charge in [0.15, 0.2) is 0 Å². The average Bonchev–Trinajstić information content (AvgIpc) is 2.60. The van der Waals surface area contributed by atoms with Crippen molar-refractivity contribution in [3.63, 3.8) is 0 Å². The summed E-state index contributed by atoms with van der Waals surface area (Å²) in [5, 5.41) is 0. The number of hydrogen-bond donors (Lipinski definition) is 0. The molecule has 0 atom stereocenters. The Kier molecular flexibility index (Phi) is 7.32. The first-order valence-electron chi connectivity index (χ1n) is 9.04. The zero-order valence-electron chi connectivity index (χ0n) is 15.3. The van der Waals surface area contributed by atoms with Gasteiger partial charge in [-0.05, 0) is 42.1 Å². The van der Waals surface area contributed by atoms with Crippen LogP contribution in [0.1, 0.15) is 19.8 Å². The van der Waals surface area contributed by atoms with E-state index in [0.29, 0.717) is 0 Å². The fourth-order valence-electron chi connectivity index (χ4n) is 2.79. The minimum absolute atomic E-state index is 0.818. The first-order chi connectivity index (χ1) is 11.6. The summed E-state index contributed by atoms with van der Waals surface area (Å²) in [4.78, 5) is 0. The Morgan fingerprint density at radius 2 is 1.54 bits per heavy atom. The van der Waals surface area contributed by atoms with Crippen molar-refractivity contribution in [3.05, 3.63) is 66.7 Å². The van der Waals surface area contributed by atoms with E-state index in [1.165, 1.54) is 23.2 Å². The molecular weight excluding hydrogens is 308 g/mol. The number of rotatable bonds is 9. The number of benzene rings is 2. The molecule has 0 heterocycles. The number of ether oxygens (including phenoxy) is 1. The molecule has 24 heavy (non-hydrogen) atoms. The zero-order chi connectivity index (χ0) is 17.3. The maximum Gasteiger partial charge on any atom is 0.119 e. The van der Waals surface area contributed by atoms with E-state index in [2.05, 4.69) is 80.7 Å². The minimum atomic E-state index is -1.10. The molecule has 0 unspecified atom stereocenters. The maximum atomic E-state index is 5.92. The third-order valence-electron chi connectivity index (χ3n) is 4.30. The lowest BCUT2D eigenvalue weighted by Crippen LogP contribution is -2.24. The highest BCUT2D eigenvalue weighted by Gasteiger charge is 2.18. The predicted molar refractivity (Wildman–Crippen MR) is 109 cm³/mol. The fraction of sp³-hybridized carbons (Fsp3) is 0.364. The van der Waals surface area contributed by atoms with Gasteiger partial charge in [-0.1, -0.05) is 80.7 Å². The van der Waals surface area contributed by atoms with Gasteiger partial charge >= 0.3 is 0 Å². The lowest BCUT2D eigenvalue weighted by molar-refractivity contribution is 0.317. The third kappa shape index (κ3) is 6.36. The van der Waals surface area contributed by atoms with Crippen molar-refractivity contribution in [2.75, 3.05) is 6.61 Å². The van der Waals surface area contributed by atoms with Crippen molar-refractivity contribution < 1.29 is 4.74 Å². The van der Waals surface area contributed by atoms with Crippen molar-refractivity contribution in [1.29, 1.82) is 0 Å². The summed E-state index contributed by atoms with van der Waals surface area (Å²) in [6.07, 6.45) is 6.96. The predicted octanol–water partition coefficient (Wildman–Crippen LogP) is 6.80. The molecule has 0 saturated carbocycles. The van der Waals surface area contributed by atoms with E-state index >= 15 is 0 Å². The highest BCUT2D eigenvalue weighted by atomic mass is 28.3. The fourth-order valence-corrected chi connectivity index (χ4v) is 4.90. The van der Waals surface area contributed by atoms with Crippen LogP contribution in [0.2, 0.25) is 25.2 Å². The van der Waals surface area contributed by atoms with Crippen LogP contribution in [0.3, 0.4) is 0 Å². The number of allylic oxidation sites excluding steroid dienone is 2. The summed E-state index contributed by atoms with van der Waals surface area (Å²) in [5.41, 5.74) is 2.48. The molecular formula is C22H30OSi. The summed E-state index contributed by atoms with van der Waals surface area (Å²) in [6, 6.07) is 21.5. The summed E-state index contributed by atoms with van der Waals surface area (Å²) in [6.45, 7) is 7.96. The van der Waals surface area contributed by atoms with Crippen molar-refractivity contribution in [2.45, 2.75) is 44.9 Å². The third-order valence-corrected chi connectivity index (χ3v) is 7.35. The lowest BCUT2D eigenvalue weighted by atomic mass is 10.1. The molecule has 0 spiro atoms. The molecule has 0 aliphatic carbocycles. The summed E-state index contributed by atoms with van der Waals surface area (Å²) < 4.78 is 5.92. The highest BCUT2D eigenvalue weighted by Crippen LogP contribution is 2.23. The minimum Gasteiger partial charge on any atom is -0.494 e. The average molecular weight is 339 g/mol. The van der Waals surface area contributed by atoms with Gasteiger partial charge in [-0.15, -0.1) is 0 Å². The molecule has 1 nitrogen and oxygen atoms in total. The molecule has 2 aromatic rings. The number of hydrogen-bond acceptors (Lipinski definition) is 1. The zero-order valence-corrected chi connectivity index (χ0v) is 16.3. The van der Waals surface area contributed by atoms with Gasteiger partial charge in [-0.3, -0.25) is 0 Å². The SMILES string of the molecule is CCC=CC[Si](C)(C)CCCOc1ccc(-c2ccccc2)cc1. The Balaban J connectivity index is 1.76. The van der Waals surface area contributed by atoms with Crippen LogP contribution in [-0.4, -0.2) is 14.7 Å². The molecule has 0 saturated heterocycles. The molecule has 2 rings (SSSR count). The van der Waals surface area contributed by atoms with Crippen LogP contribution in [0.4, 0.5) is 0 Å². The van der Waals surface area contributed by atoms with E-state index in [0.717, 1.165) is 25.2 Å². The molecule has 0 bridgehead atoms. The molecule has 0 N–H and O–H groups in total. The molecule has 2 aromatic carbocycles. The van der Waals surface area contributed by atoms with Gasteiger partial charge in [0.1, 0.15) is 5.75 Å². The van der Waals surface area contributed by atoms with Crippen molar-refractivity contribution >= 4 is 8.07 Å². The second-order valence-corrected chi connectivity index (χ2v) is 12.3. The van der Waals surface area contributed by atoms with E-state index in [-0.39, 0.29) is 0 Å². The smallest absolute Gasteiger partial charge is 0.119 e. The van der Waals surface area contributed by atoms with Crippen LogP contribution >= 0.6 is 0 Å². The monoisotopic (exact) mass is 338 g/mol. The maximum absolute atomic E-state index is 5.92. The van der Waals surface area contributed by atoms with Gasteiger partial charge in [0.2, 0.25) is 0 Å². The van der Waals surface area contributed by atoms with Crippen molar-refractivity contribution in [3.8, 4) is 16.9 Å². The second-order valence-electron chi connectivity index (χ2n) is 7.09. The molecule has 0 radical (unpaired) electrons. The molecule has 0 fully saturated rings.